The van der Waals surface area contributed by atoms with E-state index in [2.05, 4.69) is 14.6 Å². The first-order valence-corrected chi connectivity index (χ1v) is 6.61. The topological polar surface area (TPSA) is 68.2 Å². The SMILES string of the molecule is CO[n+]1ccc(C(N)=O)c(Nc2ccc(C)cc2P)c1. The Labute approximate surface area is 119 Å². The van der Waals surface area contributed by atoms with E-state index >= 15 is 0 Å². The van der Waals surface area contributed by atoms with E-state index in [1.165, 1.54) is 4.73 Å². The first-order chi connectivity index (χ1) is 9.51. The summed E-state index contributed by atoms with van der Waals surface area (Å²) in [4.78, 5) is 16.6. The molecule has 1 aromatic carbocycles. The number of nitrogens with zero attached hydrogens (tertiary/aromatic N) is 1. The van der Waals surface area contributed by atoms with E-state index in [4.69, 9.17) is 10.6 Å². The van der Waals surface area contributed by atoms with E-state index in [1.54, 1.807) is 25.6 Å². The number of primary amides is 1. The van der Waals surface area contributed by atoms with Gasteiger partial charge in [-0.25, -0.2) is 0 Å². The summed E-state index contributed by atoms with van der Waals surface area (Å²) in [6.45, 7) is 2.02. The van der Waals surface area contributed by atoms with Crippen molar-refractivity contribution in [2.75, 3.05) is 12.4 Å². The van der Waals surface area contributed by atoms with Gasteiger partial charge in [-0.1, -0.05) is 17.7 Å². The minimum Gasteiger partial charge on any atom is -0.366 e. The summed E-state index contributed by atoms with van der Waals surface area (Å²) in [6.07, 6.45) is 3.30. The minimum absolute atomic E-state index is 0.406. The van der Waals surface area contributed by atoms with E-state index in [9.17, 15) is 4.79 Å². The van der Waals surface area contributed by atoms with Gasteiger partial charge < -0.3 is 11.1 Å². The predicted octanol–water partition coefficient (Wildman–Crippen LogP) is 0.684. The predicted molar refractivity (Wildman–Crippen MR) is 81.5 cm³/mol. The lowest BCUT2D eigenvalue weighted by Gasteiger charge is -2.11. The molecular weight excluding hydrogens is 273 g/mol. The number of carbonyl (C=O) groups is 1. The lowest BCUT2D eigenvalue weighted by atomic mass is 10.2. The van der Waals surface area contributed by atoms with Crippen molar-refractivity contribution in [3.63, 3.8) is 0 Å². The summed E-state index contributed by atoms with van der Waals surface area (Å²) in [6, 6.07) is 7.59. The number of hydrogen-bond acceptors (Lipinski definition) is 3. The minimum atomic E-state index is -0.492. The summed E-state index contributed by atoms with van der Waals surface area (Å²) in [7, 11) is 4.21. The van der Waals surface area contributed by atoms with Gasteiger partial charge in [-0.15, -0.1) is 9.24 Å². The first-order valence-electron chi connectivity index (χ1n) is 6.04. The molecule has 0 fully saturated rings. The van der Waals surface area contributed by atoms with E-state index in [1.807, 2.05) is 25.1 Å². The fourth-order valence-corrected chi connectivity index (χ4v) is 2.28. The molecule has 2 rings (SSSR count). The highest BCUT2D eigenvalue weighted by molar-refractivity contribution is 7.28. The second-order valence-electron chi connectivity index (χ2n) is 4.39. The summed E-state index contributed by atoms with van der Waals surface area (Å²) in [5.41, 5.74) is 8.43. The first kappa shape index (κ1) is 14.3. The van der Waals surface area contributed by atoms with Crippen molar-refractivity contribution in [3.05, 3.63) is 47.8 Å². The normalized spacial score (nSPS) is 10.2. The molecule has 0 bridgehead atoms. The zero-order chi connectivity index (χ0) is 14.7. The van der Waals surface area contributed by atoms with Crippen LogP contribution in [0.25, 0.3) is 0 Å². The zero-order valence-electron chi connectivity index (χ0n) is 11.4. The maximum Gasteiger partial charge on any atom is 0.251 e. The lowest BCUT2D eigenvalue weighted by molar-refractivity contribution is -0.885. The number of amides is 1. The number of aryl methyl sites for hydroxylation is 1. The van der Waals surface area contributed by atoms with Crippen LogP contribution in [-0.4, -0.2) is 13.0 Å². The molecule has 104 valence electrons. The third kappa shape index (κ3) is 3.06. The van der Waals surface area contributed by atoms with Crippen LogP contribution >= 0.6 is 9.24 Å². The fraction of sp³-hybridized carbons (Fsp3) is 0.143. The maximum atomic E-state index is 11.5. The Balaban J connectivity index is 2.43. The van der Waals surface area contributed by atoms with Gasteiger partial charge in [-0.2, -0.15) is 0 Å². The van der Waals surface area contributed by atoms with Gasteiger partial charge in [0.25, 0.3) is 5.91 Å². The second-order valence-corrected chi connectivity index (χ2v) is 5.02. The van der Waals surface area contributed by atoms with Gasteiger partial charge in [-0.05, 0) is 18.3 Å². The van der Waals surface area contributed by atoms with Crippen LogP contribution in [0.1, 0.15) is 15.9 Å². The van der Waals surface area contributed by atoms with E-state index < -0.39 is 5.91 Å². The number of pyridine rings is 1. The monoisotopic (exact) mass is 290 g/mol. The quantitative estimate of drug-likeness (QED) is 0.643. The Morgan fingerprint density at radius 2 is 2.10 bits per heavy atom. The van der Waals surface area contributed by atoms with Crippen LogP contribution in [-0.2, 0) is 0 Å². The lowest BCUT2D eigenvalue weighted by Crippen LogP contribution is -2.40. The molecule has 1 unspecified atom stereocenters. The number of aromatic nitrogens is 1. The van der Waals surface area contributed by atoms with Crippen LogP contribution in [0.2, 0.25) is 0 Å². The third-order valence-corrected chi connectivity index (χ3v) is 3.36. The highest BCUT2D eigenvalue weighted by Gasteiger charge is 2.15. The maximum absolute atomic E-state index is 11.5. The van der Waals surface area contributed by atoms with Crippen LogP contribution in [0, 0.1) is 6.92 Å². The van der Waals surface area contributed by atoms with E-state index in [0.717, 1.165) is 16.6 Å². The molecule has 2 aromatic rings. The van der Waals surface area contributed by atoms with Crippen LogP contribution in [0.4, 0.5) is 11.4 Å². The van der Waals surface area contributed by atoms with Crippen molar-refractivity contribution < 1.29 is 14.4 Å². The average molecular weight is 290 g/mol. The van der Waals surface area contributed by atoms with E-state index in [0.29, 0.717) is 11.3 Å². The van der Waals surface area contributed by atoms with Gasteiger partial charge in [-0.3, -0.25) is 9.63 Å². The molecule has 0 radical (unpaired) electrons. The highest BCUT2D eigenvalue weighted by atomic mass is 31.0. The zero-order valence-corrected chi connectivity index (χ0v) is 12.5. The van der Waals surface area contributed by atoms with Gasteiger partial charge in [0.2, 0.25) is 12.4 Å². The summed E-state index contributed by atoms with van der Waals surface area (Å²) in [5.74, 6) is -0.492. The molecule has 3 N–H and O–H groups in total. The Bertz CT molecular complexity index is 659. The molecule has 1 aromatic heterocycles. The number of nitrogens with one attached hydrogen (secondary N) is 1. The number of benzene rings is 1. The Morgan fingerprint density at radius 1 is 1.35 bits per heavy atom. The van der Waals surface area contributed by atoms with E-state index in [-0.39, 0.29) is 0 Å². The van der Waals surface area contributed by atoms with Crippen molar-refractivity contribution >= 4 is 31.8 Å². The Kier molecular flexibility index (Phi) is 4.20. The number of anilines is 2. The van der Waals surface area contributed by atoms with Crippen molar-refractivity contribution in [2.45, 2.75) is 6.92 Å². The van der Waals surface area contributed by atoms with Gasteiger partial charge >= 0.3 is 0 Å². The number of carbonyl (C=O) groups excluding carboxylic acids is 1. The van der Waals surface area contributed by atoms with Crippen LogP contribution < -0.4 is 25.9 Å². The van der Waals surface area contributed by atoms with Crippen LogP contribution in [0.3, 0.4) is 0 Å². The fourth-order valence-electron chi connectivity index (χ4n) is 1.85. The molecule has 6 heteroatoms. The van der Waals surface area contributed by atoms with Gasteiger partial charge in [0.1, 0.15) is 12.8 Å². The molecule has 5 nitrogen and oxygen atoms in total. The molecule has 0 saturated heterocycles. The molecule has 0 spiro atoms. The number of nitrogens with two attached hydrogens (primary N) is 1. The van der Waals surface area contributed by atoms with Crippen molar-refractivity contribution in [1.29, 1.82) is 0 Å². The summed E-state index contributed by atoms with van der Waals surface area (Å²) in [5, 5.41) is 4.21. The Hall–Kier alpha value is -2.13. The van der Waals surface area contributed by atoms with Crippen LogP contribution in [0.15, 0.2) is 36.7 Å². The Morgan fingerprint density at radius 3 is 2.70 bits per heavy atom. The van der Waals surface area contributed by atoms with Crippen LogP contribution in [0.5, 0.6) is 0 Å². The average Bonchev–Trinajstić information content (AvgIpc) is 2.41. The highest BCUT2D eigenvalue weighted by Crippen LogP contribution is 2.19. The van der Waals surface area contributed by atoms with Gasteiger partial charge in [0.15, 0.2) is 0 Å². The van der Waals surface area contributed by atoms with Crippen molar-refractivity contribution in [2.24, 2.45) is 5.73 Å². The number of hydrogen-bond donors (Lipinski definition) is 2. The second kappa shape index (κ2) is 5.88. The molecule has 1 amide bonds. The molecule has 0 aliphatic rings. The standard InChI is InChI=1S/C14H16N3O2P/c1-9-3-4-11(13(20)7-9)16-12-8-17(19-2)6-5-10(12)14(15)18/h3-8H,20H2,1-2H3,(H2-,15,16,18)/p+1. The number of rotatable bonds is 4. The third-order valence-electron chi connectivity index (χ3n) is 2.89. The molecule has 0 saturated carbocycles. The molecule has 1 heterocycles. The molecule has 20 heavy (non-hydrogen) atoms. The molecule has 1 atom stereocenters. The van der Waals surface area contributed by atoms with Crippen molar-refractivity contribution in [3.8, 4) is 0 Å². The smallest absolute Gasteiger partial charge is 0.251 e. The molecular formula is C14H17N3O2P+. The summed E-state index contributed by atoms with van der Waals surface area (Å²) < 4.78 is 1.49. The molecule has 0 aliphatic heterocycles. The van der Waals surface area contributed by atoms with Gasteiger partial charge in [0, 0.05) is 16.5 Å². The van der Waals surface area contributed by atoms with Crippen molar-refractivity contribution in [1.82, 2.24) is 0 Å². The molecule has 0 aliphatic carbocycles. The van der Waals surface area contributed by atoms with Gasteiger partial charge in [0.05, 0.1) is 5.56 Å². The largest absolute Gasteiger partial charge is 0.366 e. The summed E-state index contributed by atoms with van der Waals surface area (Å²) >= 11 is 0.